The van der Waals surface area contributed by atoms with Gasteiger partial charge >= 0.3 is 0 Å². The van der Waals surface area contributed by atoms with E-state index in [4.69, 9.17) is 9.57 Å². The maximum atomic E-state index is 10.1. The highest BCUT2D eigenvalue weighted by atomic mass is 16.7. The lowest BCUT2D eigenvalue weighted by atomic mass is 9.80. The molecule has 1 saturated heterocycles. The van der Waals surface area contributed by atoms with Crippen LogP contribution in [0.1, 0.15) is 40.5 Å². The van der Waals surface area contributed by atoms with Gasteiger partial charge in [0.25, 0.3) is 0 Å². The molecule has 1 aliphatic rings. The molecule has 1 heterocycles. The molecule has 0 aliphatic carbocycles. The molecule has 0 aromatic heterocycles. The van der Waals surface area contributed by atoms with Crippen LogP contribution in [0, 0.1) is 0 Å². The van der Waals surface area contributed by atoms with Gasteiger partial charge in [-0.2, -0.15) is 0 Å². The van der Waals surface area contributed by atoms with Crippen LogP contribution in [-0.4, -0.2) is 32.5 Å². The number of phenolic OH excluding ortho intramolecular Hbond substituents is 2. The van der Waals surface area contributed by atoms with Gasteiger partial charge in [-0.1, -0.05) is 18.2 Å². The minimum atomic E-state index is -0.334. The van der Waals surface area contributed by atoms with Gasteiger partial charge < -0.3 is 19.8 Å². The molecule has 2 aromatic carbocycles. The van der Waals surface area contributed by atoms with Gasteiger partial charge in [0.05, 0.1) is 11.1 Å². The fraction of sp³-hybridized carbons (Fsp3) is 0.429. The van der Waals surface area contributed by atoms with E-state index in [0.717, 1.165) is 18.6 Å². The third-order valence-corrected chi connectivity index (χ3v) is 4.73. The molecule has 0 atom stereocenters. The van der Waals surface area contributed by atoms with E-state index in [1.807, 2.05) is 35.4 Å². The first kappa shape index (κ1) is 18.4. The van der Waals surface area contributed by atoms with E-state index in [-0.39, 0.29) is 34.4 Å². The first-order valence-corrected chi connectivity index (χ1v) is 8.89. The molecule has 1 fully saturated rings. The van der Waals surface area contributed by atoms with E-state index < -0.39 is 0 Å². The maximum absolute atomic E-state index is 10.1. The van der Waals surface area contributed by atoms with E-state index in [0.29, 0.717) is 0 Å². The van der Waals surface area contributed by atoms with Gasteiger partial charge in [-0.25, -0.2) is 0 Å². The minimum Gasteiger partial charge on any atom is -0.508 e. The Morgan fingerprint density at radius 3 is 2.15 bits per heavy atom. The molecule has 0 amide bonds. The molecule has 3 rings (SSSR count). The molecule has 2 N–H and O–H groups in total. The average molecular weight is 357 g/mol. The van der Waals surface area contributed by atoms with Gasteiger partial charge in [-0.05, 0) is 52.0 Å². The summed E-state index contributed by atoms with van der Waals surface area (Å²) < 4.78 is 6.20. The third-order valence-electron chi connectivity index (χ3n) is 4.73. The van der Waals surface area contributed by atoms with Crippen LogP contribution in [0.5, 0.6) is 23.0 Å². The standard InChI is InChI=1S/C21H27NO4/c1-20(2)13-17(25-16-8-6-5-7-9-16)14-21(3,4)22(20)26-19-12-15(23)10-11-18(19)24/h5-12,17,23-24H,13-14H2,1-4H3. The van der Waals surface area contributed by atoms with Gasteiger partial charge in [0.1, 0.15) is 17.6 Å². The van der Waals surface area contributed by atoms with Crippen LogP contribution in [0.2, 0.25) is 0 Å². The molecule has 5 heteroatoms. The predicted molar refractivity (Wildman–Crippen MR) is 100 cm³/mol. The third kappa shape index (κ3) is 3.88. The van der Waals surface area contributed by atoms with Gasteiger partial charge in [0.2, 0.25) is 0 Å². The zero-order chi connectivity index (χ0) is 18.9. The maximum Gasteiger partial charge on any atom is 0.192 e. The number of phenols is 2. The van der Waals surface area contributed by atoms with Crippen LogP contribution in [0.4, 0.5) is 0 Å². The van der Waals surface area contributed by atoms with E-state index in [1.54, 1.807) is 0 Å². The number of aromatic hydroxyl groups is 2. The lowest BCUT2D eigenvalue weighted by molar-refractivity contribution is -0.232. The van der Waals surface area contributed by atoms with E-state index in [2.05, 4.69) is 27.7 Å². The van der Waals surface area contributed by atoms with E-state index >= 15 is 0 Å². The van der Waals surface area contributed by atoms with Crippen molar-refractivity contribution in [2.75, 3.05) is 0 Å². The van der Waals surface area contributed by atoms with Crippen LogP contribution in [0.15, 0.2) is 48.5 Å². The SMILES string of the molecule is CC1(C)CC(Oc2ccccc2)CC(C)(C)N1Oc1cc(O)ccc1O. The van der Waals surface area contributed by atoms with E-state index in [1.165, 1.54) is 18.2 Å². The Bertz CT molecular complexity index is 740. The number of hydrogen-bond donors (Lipinski definition) is 2. The summed E-state index contributed by atoms with van der Waals surface area (Å²) in [6, 6.07) is 14.1. The van der Waals surface area contributed by atoms with Crippen molar-refractivity contribution >= 4 is 0 Å². The van der Waals surface area contributed by atoms with Crippen molar-refractivity contribution in [2.45, 2.75) is 57.7 Å². The molecule has 5 nitrogen and oxygen atoms in total. The molecule has 0 saturated carbocycles. The summed E-state index contributed by atoms with van der Waals surface area (Å²) in [6.07, 6.45) is 1.59. The van der Waals surface area contributed by atoms with Crippen LogP contribution >= 0.6 is 0 Å². The van der Waals surface area contributed by atoms with Crippen molar-refractivity contribution in [3.8, 4) is 23.0 Å². The van der Waals surface area contributed by atoms with Crippen LogP contribution in [0.25, 0.3) is 0 Å². The molecule has 140 valence electrons. The quantitative estimate of drug-likeness (QED) is 0.789. The zero-order valence-corrected chi connectivity index (χ0v) is 15.8. The summed E-state index contributed by atoms with van der Waals surface area (Å²) in [7, 11) is 0. The molecule has 1 aliphatic heterocycles. The average Bonchev–Trinajstić information content (AvgIpc) is 2.54. The lowest BCUT2D eigenvalue weighted by Gasteiger charge is -2.53. The Morgan fingerprint density at radius 1 is 0.923 bits per heavy atom. The number of nitrogens with zero attached hydrogens (tertiary/aromatic N) is 1. The number of hydrogen-bond acceptors (Lipinski definition) is 5. The van der Waals surface area contributed by atoms with Gasteiger partial charge in [-0.15, -0.1) is 5.06 Å². The summed E-state index contributed by atoms with van der Waals surface area (Å²) in [5, 5.41) is 21.7. The largest absolute Gasteiger partial charge is 0.508 e. The highest BCUT2D eigenvalue weighted by Gasteiger charge is 2.48. The van der Waals surface area contributed by atoms with Crippen LogP contribution in [0.3, 0.4) is 0 Å². The van der Waals surface area contributed by atoms with Crippen LogP contribution < -0.4 is 9.57 Å². The monoisotopic (exact) mass is 357 g/mol. The number of para-hydroxylation sites is 1. The highest BCUT2D eigenvalue weighted by Crippen LogP contribution is 2.42. The summed E-state index contributed by atoms with van der Waals surface area (Å²) >= 11 is 0. The molecule has 0 unspecified atom stereocenters. The van der Waals surface area contributed by atoms with Crippen molar-refractivity contribution < 1.29 is 19.8 Å². The minimum absolute atomic E-state index is 0.00272. The second-order valence-corrected chi connectivity index (χ2v) is 8.12. The Hall–Kier alpha value is -2.40. The Balaban J connectivity index is 1.81. The molecule has 2 aromatic rings. The smallest absolute Gasteiger partial charge is 0.192 e. The highest BCUT2D eigenvalue weighted by molar-refractivity contribution is 5.43. The second-order valence-electron chi connectivity index (χ2n) is 8.12. The van der Waals surface area contributed by atoms with Gasteiger partial charge in [0, 0.05) is 18.9 Å². The van der Waals surface area contributed by atoms with E-state index in [9.17, 15) is 10.2 Å². The van der Waals surface area contributed by atoms with Crippen molar-refractivity contribution in [2.24, 2.45) is 0 Å². The predicted octanol–water partition coefficient (Wildman–Crippen LogP) is 4.49. The second kappa shape index (κ2) is 6.72. The first-order valence-electron chi connectivity index (χ1n) is 8.89. The lowest BCUT2D eigenvalue weighted by Crippen LogP contribution is -2.63. The molecular weight excluding hydrogens is 330 g/mol. The summed E-state index contributed by atoms with van der Waals surface area (Å²) in [6.45, 7) is 8.37. The number of benzene rings is 2. The number of ether oxygens (including phenoxy) is 1. The fourth-order valence-electron chi connectivity index (χ4n) is 3.87. The van der Waals surface area contributed by atoms with Crippen LogP contribution in [-0.2, 0) is 0 Å². The molecule has 0 radical (unpaired) electrons. The molecular formula is C21H27NO4. The summed E-state index contributed by atoms with van der Waals surface area (Å²) in [5.74, 6) is 1.16. The number of piperidine rings is 1. The van der Waals surface area contributed by atoms with Crippen molar-refractivity contribution in [1.29, 1.82) is 0 Å². The van der Waals surface area contributed by atoms with Gasteiger partial charge in [0.15, 0.2) is 11.5 Å². The van der Waals surface area contributed by atoms with Gasteiger partial charge in [-0.3, -0.25) is 0 Å². The summed E-state index contributed by atoms with van der Waals surface area (Å²) in [5.41, 5.74) is -0.668. The number of rotatable bonds is 4. The normalized spacial score (nSPS) is 19.8. The fourth-order valence-corrected chi connectivity index (χ4v) is 3.87. The molecule has 26 heavy (non-hydrogen) atoms. The Kier molecular flexibility index (Phi) is 4.76. The number of hydroxylamine groups is 2. The summed E-state index contributed by atoms with van der Waals surface area (Å²) in [4.78, 5) is 6.06. The first-order chi connectivity index (χ1) is 12.2. The van der Waals surface area contributed by atoms with Crippen molar-refractivity contribution in [1.82, 2.24) is 5.06 Å². The van der Waals surface area contributed by atoms with Crippen molar-refractivity contribution in [3.05, 3.63) is 48.5 Å². The molecule has 0 spiro atoms. The van der Waals surface area contributed by atoms with Crippen molar-refractivity contribution in [3.63, 3.8) is 0 Å². The Labute approximate surface area is 154 Å². The topological polar surface area (TPSA) is 62.2 Å². The zero-order valence-electron chi connectivity index (χ0n) is 15.8. The Morgan fingerprint density at radius 2 is 1.54 bits per heavy atom. The molecule has 0 bridgehead atoms.